The van der Waals surface area contributed by atoms with E-state index in [0.29, 0.717) is 32.7 Å². The second-order valence-corrected chi connectivity index (χ2v) is 2.27. The van der Waals surface area contributed by atoms with E-state index in [2.05, 4.69) is 6.58 Å². The van der Waals surface area contributed by atoms with Crippen molar-refractivity contribution in [2.24, 2.45) is 0 Å². The van der Waals surface area contributed by atoms with Gasteiger partial charge in [-0.1, -0.05) is 6.08 Å². The lowest BCUT2D eigenvalue weighted by Crippen LogP contribution is -2.05. The SMILES string of the molecule is C=CCOCCCC(=O)OCC. The fourth-order valence-electron chi connectivity index (χ4n) is 0.718. The maximum atomic E-state index is 10.8. The normalized spacial score (nSPS) is 9.42. The van der Waals surface area contributed by atoms with Crippen LogP contribution in [0.25, 0.3) is 0 Å². The fraction of sp³-hybridized carbons (Fsp3) is 0.667. The van der Waals surface area contributed by atoms with Crippen molar-refractivity contribution in [3.05, 3.63) is 12.7 Å². The third-order valence-corrected chi connectivity index (χ3v) is 1.21. The van der Waals surface area contributed by atoms with Crippen LogP contribution in [-0.2, 0) is 14.3 Å². The first-order valence-electron chi connectivity index (χ1n) is 4.15. The van der Waals surface area contributed by atoms with Gasteiger partial charge in [-0.2, -0.15) is 0 Å². The molecule has 0 aromatic heterocycles. The number of carbonyl (C=O) groups excluding carboxylic acids is 1. The first-order chi connectivity index (χ1) is 5.81. The monoisotopic (exact) mass is 172 g/mol. The molecule has 0 saturated heterocycles. The van der Waals surface area contributed by atoms with Crippen LogP contribution in [0.15, 0.2) is 12.7 Å². The number of hydrogen-bond donors (Lipinski definition) is 0. The van der Waals surface area contributed by atoms with Crippen molar-refractivity contribution in [1.82, 2.24) is 0 Å². The summed E-state index contributed by atoms with van der Waals surface area (Å²) >= 11 is 0. The third-order valence-electron chi connectivity index (χ3n) is 1.21. The summed E-state index contributed by atoms with van der Waals surface area (Å²) in [7, 11) is 0. The molecule has 0 aromatic carbocycles. The molecule has 3 heteroatoms. The topological polar surface area (TPSA) is 35.5 Å². The number of hydrogen-bond acceptors (Lipinski definition) is 3. The van der Waals surface area contributed by atoms with Gasteiger partial charge in [0.05, 0.1) is 13.2 Å². The van der Waals surface area contributed by atoms with Crippen LogP contribution in [-0.4, -0.2) is 25.8 Å². The largest absolute Gasteiger partial charge is 0.466 e. The molecule has 3 nitrogen and oxygen atoms in total. The van der Waals surface area contributed by atoms with Gasteiger partial charge in [-0.15, -0.1) is 6.58 Å². The zero-order chi connectivity index (χ0) is 9.23. The molecule has 0 amide bonds. The average molecular weight is 172 g/mol. The third kappa shape index (κ3) is 7.28. The van der Waals surface area contributed by atoms with E-state index in [1.54, 1.807) is 13.0 Å². The molecule has 0 spiro atoms. The van der Waals surface area contributed by atoms with Crippen LogP contribution in [0.1, 0.15) is 19.8 Å². The molecule has 0 rings (SSSR count). The highest BCUT2D eigenvalue weighted by Crippen LogP contribution is 1.93. The molecule has 0 aromatic rings. The van der Waals surface area contributed by atoms with Crippen LogP contribution in [0.2, 0.25) is 0 Å². The predicted molar refractivity (Wildman–Crippen MR) is 46.9 cm³/mol. The quantitative estimate of drug-likeness (QED) is 0.332. The van der Waals surface area contributed by atoms with Crippen molar-refractivity contribution >= 4 is 5.97 Å². The van der Waals surface area contributed by atoms with Crippen LogP contribution in [0.3, 0.4) is 0 Å². The summed E-state index contributed by atoms with van der Waals surface area (Å²) in [5.41, 5.74) is 0. The van der Waals surface area contributed by atoms with Gasteiger partial charge in [-0.25, -0.2) is 0 Å². The first kappa shape index (κ1) is 11.2. The fourth-order valence-corrected chi connectivity index (χ4v) is 0.718. The minimum absolute atomic E-state index is 0.153. The van der Waals surface area contributed by atoms with Crippen LogP contribution in [0.4, 0.5) is 0 Å². The van der Waals surface area contributed by atoms with Crippen molar-refractivity contribution in [2.45, 2.75) is 19.8 Å². The molecule has 70 valence electrons. The highest BCUT2D eigenvalue weighted by Gasteiger charge is 1.99. The second kappa shape index (κ2) is 8.27. The molecule has 0 aliphatic heterocycles. The van der Waals surface area contributed by atoms with E-state index < -0.39 is 0 Å². The van der Waals surface area contributed by atoms with Gasteiger partial charge in [0.25, 0.3) is 0 Å². The Morgan fingerprint density at radius 2 is 2.33 bits per heavy atom. The van der Waals surface area contributed by atoms with Crippen molar-refractivity contribution in [2.75, 3.05) is 19.8 Å². The van der Waals surface area contributed by atoms with Crippen molar-refractivity contribution in [1.29, 1.82) is 0 Å². The van der Waals surface area contributed by atoms with E-state index in [4.69, 9.17) is 9.47 Å². The van der Waals surface area contributed by atoms with Crippen molar-refractivity contribution in [3.8, 4) is 0 Å². The Balaban J connectivity index is 3.08. The highest BCUT2D eigenvalue weighted by molar-refractivity contribution is 5.69. The summed E-state index contributed by atoms with van der Waals surface area (Å²) in [4.78, 5) is 10.8. The van der Waals surface area contributed by atoms with Gasteiger partial charge in [-0.05, 0) is 13.3 Å². The Morgan fingerprint density at radius 1 is 1.58 bits per heavy atom. The van der Waals surface area contributed by atoms with Crippen LogP contribution in [0.5, 0.6) is 0 Å². The van der Waals surface area contributed by atoms with Gasteiger partial charge in [0.15, 0.2) is 0 Å². The zero-order valence-electron chi connectivity index (χ0n) is 7.54. The molecule has 0 atom stereocenters. The molecule has 12 heavy (non-hydrogen) atoms. The molecule has 0 bridgehead atoms. The van der Waals surface area contributed by atoms with E-state index >= 15 is 0 Å². The average Bonchev–Trinajstić information content (AvgIpc) is 2.05. The zero-order valence-corrected chi connectivity index (χ0v) is 7.54. The summed E-state index contributed by atoms with van der Waals surface area (Å²) in [6.45, 7) is 6.89. The predicted octanol–water partition coefficient (Wildman–Crippen LogP) is 1.53. The van der Waals surface area contributed by atoms with E-state index in [9.17, 15) is 4.79 Å². The molecule has 0 N–H and O–H groups in total. The summed E-state index contributed by atoms with van der Waals surface area (Å²) in [5, 5.41) is 0. The number of ether oxygens (including phenoxy) is 2. The van der Waals surface area contributed by atoms with Gasteiger partial charge in [0.2, 0.25) is 0 Å². The van der Waals surface area contributed by atoms with E-state index in [1.807, 2.05) is 0 Å². The molecule has 0 unspecified atom stereocenters. The van der Waals surface area contributed by atoms with Crippen LogP contribution < -0.4 is 0 Å². The maximum absolute atomic E-state index is 10.8. The maximum Gasteiger partial charge on any atom is 0.305 e. The standard InChI is InChI=1S/C9H16O3/c1-3-7-11-8-5-6-9(10)12-4-2/h3H,1,4-8H2,2H3. The van der Waals surface area contributed by atoms with Crippen LogP contribution >= 0.6 is 0 Å². The number of carbonyl (C=O) groups is 1. The van der Waals surface area contributed by atoms with Crippen LogP contribution in [0, 0.1) is 0 Å². The lowest BCUT2D eigenvalue weighted by atomic mass is 10.3. The number of rotatable bonds is 7. The Morgan fingerprint density at radius 3 is 2.92 bits per heavy atom. The van der Waals surface area contributed by atoms with E-state index in [0.717, 1.165) is 0 Å². The Bertz CT molecular complexity index is 132. The lowest BCUT2D eigenvalue weighted by molar-refractivity contribution is -0.143. The van der Waals surface area contributed by atoms with Gasteiger partial charge in [-0.3, -0.25) is 4.79 Å². The lowest BCUT2D eigenvalue weighted by Gasteiger charge is -2.01. The molecule has 0 aliphatic rings. The minimum atomic E-state index is -0.153. The van der Waals surface area contributed by atoms with Gasteiger partial charge >= 0.3 is 5.97 Å². The van der Waals surface area contributed by atoms with Gasteiger partial charge in [0.1, 0.15) is 0 Å². The summed E-state index contributed by atoms with van der Waals surface area (Å²) < 4.78 is 9.82. The molecule has 0 fully saturated rings. The first-order valence-corrected chi connectivity index (χ1v) is 4.15. The molecule has 0 aliphatic carbocycles. The summed E-state index contributed by atoms with van der Waals surface area (Å²) in [6.07, 6.45) is 2.84. The Hall–Kier alpha value is -0.830. The van der Waals surface area contributed by atoms with E-state index in [-0.39, 0.29) is 5.97 Å². The molecule has 0 radical (unpaired) electrons. The smallest absolute Gasteiger partial charge is 0.305 e. The minimum Gasteiger partial charge on any atom is -0.466 e. The molecule has 0 saturated carbocycles. The van der Waals surface area contributed by atoms with Gasteiger partial charge < -0.3 is 9.47 Å². The molecular formula is C9H16O3. The Labute approximate surface area is 73.4 Å². The van der Waals surface area contributed by atoms with E-state index in [1.165, 1.54) is 0 Å². The Kier molecular flexibility index (Phi) is 7.70. The van der Waals surface area contributed by atoms with Crippen molar-refractivity contribution < 1.29 is 14.3 Å². The summed E-state index contributed by atoms with van der Waals surface area (Å²) in [6, 6.07) is 0. The highest BCUT2D eigenvalue weighted by atomic mass is 16.5. The molecule has 0 heterocycles. The summed E-state index contributed by atoms with van der Waals surface area (Å²) in [5.74, 6) is -0.153. The van der Waals surface area contributed by atoms with Gasteiger partial charge in [0, 0.05) is 13.0 Å². The van der Waals surface area contributed by atoms with Crippen molar-refractivity contribution in [3.63, 3.8) is 0 Å². The second-order valence-electron chi connectivity index (χ2n) is 2.27. The molecular weight excluding hydrogens is 156 g/mol. The number of esters is 1.